The first-order valence-electron chi connectivity index (χ1n) is 9.18. The van der Waals surface area contributed by atoms with Crippen molar-refractivity contribution in [2.45, 2.75) is 32.7 Å². The van der Waals surface area contributed by atoms with Gasteiger partial charge >= 0.3 is 12.1 Å². The third kappa shape index (κ3) is 5.87. The number of hydrogen-bond acceptors (Lipinski definition) is 6. The topological polar surface area (TPSA) is 99.0 Å². The normalized spacial score (nSPS) is 11.4. The number of esters is 1. The number of nitrogens with one attached hydrogen (secondary N) is 1. The van der Waals surface area contributed by atoms with Crippen molar-refractivity contribution in [1.29, 1.82) is 0 Å². The Morgan fingerprint density at radius 1 is 1.13 bits per heavy atom. The summed E-state index contributed by atoms with van der Waals surface area (Å²) in [6.07, 6.45) is -4.79. The molecule has 31 heavy (non-hydrogen) atoms. The van der Waals surface area contributed by atoms with Crippen LogP contribution in [0, 0.1) is 0 Å². The molecule has 1 aromatic heterocycles. The summed E-state index contributed by atoms with van der Waals surface area (Å²) in [7, 11) is 0. The Labute approximate surface area is 175 Å². The molecule has 1 amide bonds. The highest BCUT2D eigenvalue weighted by molar-refractivity contribution is 5.91. The van der Waals surface area contributed by atoms with Gasteiger partial charge < -0.3 is 10.1 Å². The SMILES string of the molecule is CC(C)OC(=O)c1cccc(-c2nnn(CC(=O)Nc3cccc(C(F)(F)F)c3)n2)c1. The molecule has 1 N–H and O–H groups in total. The standard InChI is InChI=1S/C20H18F3N5O3/c1-12(2)31-19(30)14-6-3-5-13(9-14)18-25-27-28(26-18)11-17(29)24-16-8-4-7-15(10-16)20(21,22)23/h3-10,12H,11H2,1-2H3,(H,24,29). The number of tetrazole rings is 1. The predicted octanol–water partition coefficient (Wildman–Crippen LogP) is 3.56. The molecule has 3 aromatic rings. The molecule has 0 aliphatic carbocycles. The molecule has 0 radical (unpaired) electrons. The van der Waals surface area contributed by atoms with E-state index in [1.165, 1.54) is 18.2 Å². The molecule has 0 saturated heterocycles. The van der Waals surface area contributed by atoms with Crippen molar-refractivity contribution < 1.29 is 27.5 Å². The summed E-state index contributed by atoms with van der Waals surface area (Å²) in [4.78, 5) is 25.2. The summed E-state index contributed by atoms with van der Waals surface area (Å²) in [5.74, 6) is -0.951. The van der Waals surface area contributed by atoms with Crippen molar-refractivity contribution in [2.24, 2.45) is 0 Å². The van der Waals surface area contributed by atoms with Gasteiger partial charge in [0.15, 0.2) is 0 Å². The summed E-state index contributed by atoms with van der Waals surface area (Å²) in [5.41, 5.74) is -0.0774. The van der Waals surface area contributed by atoms with Crippen molar-refractivity contribution in [3.05, 3.63) is 59.7 Å². The van der Waals surface area contributed by atoms with Gasteiger partial charge in [0.05, 0.1) is 17.2 Å². The highest BCUT2D eigenvalue weighted by Gasteiger charge is 2.30. The van der Waals surface area contributed by atoms with Gasteiger partial charge in [-0.3, -0.25) is 4.79 Å². The fourth-order valence-corrected chi connectivity index (χ4v) is 2.60. The summed E-state index contributed by atoms with van der Waals surface area (Å²) >= 11 is 0. The minimum Gasteiger partial charge on any atom is -0.459 e. The molecule has 0 bridgehead atoms. The van der Waals surface area contributed by atoms with Crippen LogP contribution >= 0.6 is 0 Å². The number of carbonyl (C=O) groups is 2. The predicted molar refractivity (Wildman–Crippen MR) is 104 cm³/mol. The zero-order chi connectivity index (χ0) is 22.6. The van der Waals surface area contributed by atoms with Gasteiger partial charge in [-0.2, -0.15) is 18.0 Å². The van der Waals surface area contributed by atoms with E-state index in [9.17, 15) is 22.8 Å². The van der Waals surface area contributed by atoms with Gasteiger partial charge in [-0.25, -0.2) is 4.79 Å². The molecule has 8 nitrogen and oxygen atoms in total. The molecule has 0 aliphatic rings. The lowest BCUT2D eigenvalue weighted by Crippen LogP contribution is -2.20. The van der Waals surface area contributed by atoms with Crippen LogP contribution in [0.2, 0.25) is 0 Å². The Morgan fingerprint density at radius 2 is 1.87 bits per heavy atom. The summed E-state index contributed by atoms with van der Waals surface area (Å²) in [6.45, 7) is 3.11. The number of rotatable bonds is 6. The van der Waals surface area contributed by atoms with Gasteiger partial charge in [0.2, 0.25) is 11.7 Å². The fraction of sp³-hybridized carbons (Fsp3) is 0.250. The third-order valence-electron chi connectivity index (χ3n) is 3.91. The van der Waals surface area contributed by atoms with Crippen LogP contribution in [0.1, 0.15) is 29.8 Å². The number of carbonyl (C=O) groups excluding carboxylic acids is 2. The molecule has 0 saturated carbocycles. The van der Waals surface area contributed by atoms with Gasteiger partial charge in [-0.05, 0) is 49.4 Å². The van der Waals surface area contributed by atoms with Crippen LogP contribution in [0.3, 0.4) is 0 Å². The quantitative estimate of drug-likeness (QED) is 0.597. The first kappa shape index (κ1) is 21.9. The summed E-state index contributed by atoms with van der Waals surface area (Å²) in [5, 5.41) is 14.1. The van der Waals surface area contributed by atoms with E-state index >= 15 is 0 Å². The minimum atomic E-state index is -4.51. The van der Waals surface area contributed by atoms with Crippen LogP contribution in [-0.4, -0.2) is 38.2 Å². The maximum absolute atomic E-state index is 12.8. The Bertz CT molecular complexity index is 1100. The molecule has 0 fully saturated rings. The van der Waals surface area contributed by atoms with Gasteiger partial charge in [0, 0.05) is 11.3 Å². The van der Waals surface area contributed by atoms with Crippen molar-refractivity contribution in [3.63, 3.8) is 0 Å². The number of amides is 1. The number of alkyl halides is 3. The van der Waals surface area contributed by atoms with Crippen LogP contribution in [-0.2, 0) is 22.3 Å². The Balaban J connectivity index is 1.68. The second-order valence-corrected chi connectivity index (χ2v) is 6.81. The number of hydrogen-bond donors (Lipinski definition) is 1. The van der Waals surface area contributed by atoms with Crippen molar-refractivity contribution in [2.75, 3.05) is 5.32 Å². The largest absolute Gasteiger partial charge is 0.459 e. The lowest BCUT2D eigenvalue weighted by Gasteiger charge is -2.09. The molecule has 0 atom stereocenters. The number of nitrogens with zero attached hydrogens (tertiary/aromatic N) is 4. The van der Waals surface area contributed by atoms with Gasteiger partial charge in [0.25, 0.3) is 0 Å². The highest BCUT2D eigenvalue weighted by atomic mass is 19.4. The monoisotopic (exact) mass is 433 g/mol. The Hall–Kier alpha value is -3.76. The molecule has 0 spiro atoms. The van der Waals surface area contributed by atoms with Gasteiger partial charge in [-0.1, -0.05) is 18.2 Å². The second-order valence-electron chi connectivity index (χ2n) is 6.81. The van der Waals surface area contributed by atoms with Gasteiger partial charge in [-0.15, -0.1) is 10.2 Å². The average molecular weight is 433 g/mol. The lowest BCUT2D eigenvalue weighted by molar-refractivity contribution is -0.137. The maximum atomic E-state index is 12.8. The number of benzene rings is 2. The van der Waals surface area contributed by atoms with Crippen LogP contribution < -0.4 is 5.32 Å². The van der Waals surface area contributed by atoms with Crippen molar-refractivity contribution in [1.82, 2.24) is 20.2 Å². The van der Waals surface area contributed by atoms with Crippen LogP contribution in [0.4, 0.5) is 18.9 Å². The number of halogens is 3. The second kappa shape index (κ2) is 8.94. The van der Waals surface area contributed by atoms with Crippen molar-refractivity contribution in [3.8, 4) is 11.4 Å². The van der Waals surface area contributed by atoms with E-state index < -0.39 is 23.6 Å². The highest BCUT2D eigenvalue weighted by Crippen LogP contribution is 2.30. The maximum Gasteiger partial charge on any atom is 0.416 e. The molecule has 0 unspecified atom stereocenters. The third-order valence-corrected chi connectivity index (χ3v) is 3.91. The first-order valence-corrected chi connectivity index (χ1v) is 9.18. The van der Waals surface area contributed by atoms with Crippen LogP contribution in [0.5, 0.6) is 0 Å². The minimum absolute atomic E-state index is 0.00321. The Morgan fingerprint density at radius 3 is 2.58 bits per heavy atom. The van der Waals surface area contributed by atoms with Crippen LogP contribution in [0.15, 0.2) is 48.5 Å². The van der Waals surface area contributed by atoms with E-state index in [2.05, 4.69) is 20.7 Å². The summed E-state index contributed by atoms with van der Waals surface area (Å²) in [6, 6.07) is 10.7. The number of ether oxygens (including phenoxy) is 1. The summed E-state index contributed by atoms with van der Waals surface area (Å²) < 4.78 is 43.5. The van der Waals surface area contributed by atoms with E-state index in [0.717, 1.165) is 16.9 Å². The number of aromatic nitrogens is 4. The number of anilines is 1. The first-order chi connectivity index (χ1) is 14.6. The van der Waals surface area contributed by atoms with E-state index in [-0.39, 0.29) is 24.2 Å². The molecule has 11 heteroatoms. The van der Waals surface area contributed by atoms with Crippen molar-refractivity contribution >= 4 is 17.6 Å². The van der Waals surface area contributed by atoms with E-state index in [4.69, 9.17) is 4.74 Å². The molecular formula is C20H18F3N5O3. The smallest absolute Gasteiger partial charge is 0.416 e. The molecular weight excluding hydrogens is 415 g/mol. The van der Waals surface area contributed by atoms with Crippen LogP contribution in [0.25, 0.3) is 11.4 Å². The molecule has 2 aromatic carbocycles. The molecule has 1 heterocycles. The van der Waals surface area contributed by atoms with E-state index in [1.807, 2.05) is 0 Å². The molecule has 0 aliphatic heterocycles. The zero-order valence-corrected chi connectivity index (χ0v) is 16.6. The average Bonchev–Trinajstić information content (AvgIpc) is 3.15. The van der Waals surface area contributed by atoms with E-state index in [0.29, 0.717) is 11.1 Å². The fourth-order valence-electron chi connectivity index (χ4n) is 2.60. The molecule has 3 rings (SSSR count). The lowest BCUT2D eigenvalue weighted by atomic mass is 10.1. The Kier molecular flexibility index (Phi) is 6.33. The molecule has 162 valence electrons. The van der Waals surface area contributed by atoms with Gasteiger partial charge in [0.1, 0.15) is 6.54 Å². The van der Waals surface area contributed by atoms with E-state index in [1.54, 1.807) is 32.0 Å². The zero-order valence-electron chi connectivity index (χ0n) is 16.6.